The Bertz CT molecular complexity index is 637. The molecule has 1 aromatic rings. The molecule has 0 amide bonds. The number of halogens is 1. The second kappa shape index (κ2) is 15.1. The Morgan fingerprint density at radius 3 is 2.28 bits per heavy atom. The van der Waals surface area contributed by atoms with Crippen molar-refractivity contribution >= 4 is 29.9 Å². The lowest BCUT2D eigenvalue weighted by molar-refractivity contribution is 0.127. The highest BCUT2D eigenvalue weighted by molar-refractivity contribution is 14.0. The molecule has 2 fully saturated rings. The Balaban J connectivity index is 0.00000363. The molecule has 0 unspecified atom stereocenters. The third kappa shape index (κ3) is 9.53. The molecule has 2 aliphatic heterocycles. The van der Waals surface area contributed by atoms with Crippen LogP contribution in [0, 0.1) is 0 Å². The van der Waals surface area contributed by atoms with Crippen LogP contribution in [0.5, 0.6) is 0 Å². The smallest absolute Gasteiger partial charge is 0.191 e. The number of benzene rings is 1. The van der Waals surface area contributed by atoms with Crippen molar-refractivity contribution in [2.45, 2.75) is 58.7 Å². The normalized spacial score (nSPS) is 19.7. The summed E-state index contributed by atoms with van der Waals surface area (Å²) in [5, 5.41) is 7.11. The van der Waals surface area contributed by atoms with Gasteiger partial charge >= 0.3 is 0 Å². The Labute approximate surface area is 213 Å². The molecule has 0 bridgehead atoms. The maximum absolute atomic E-state index is 4.86. The van der Waals surface area contributed by atoms with Crippen LogP contribution in [0.3, 0.4) is 0 Å². The van der Waals surface area contributed by atoms with Crippen LogP contribution in [0.2, 0.25) is 0 Å². The van der Waals surface area contributed by atoms with E-state index in [9.17, 15) is 0 Å². The number of guanidine groups is 1. The minimum atomic E-state index is 0. The van der Waals surface area contributed by atoms with Gasteiger partial charge in [-0.3, -0.25) is 9.89 Å². The number of hydrogen-bond donors (Lipinski definition) is 2. The molecule has 2 heterocycles. The first-order valence-corrected chi connectivity index (χ1v) is 12.4. The van der Waals surface area contributed by atoms with Crippen LogP contribution in [0.25, 0.3) is 0 Å². The van der Waals surface area contributed by atoms with Gasteiger partial charge in [0.15, 0.2) is 5.96 Å². The number of nitrogens with one attached hydrogen (secondary N) is 2. The monoisotopic (exact) mass is 556 g/mol. The average molecular weight is 557 g/mol. The van der Waals surface area contributed by atoms with E-state index in [-0.39, 0.29) is 24.0 Å². The first kappa shape index (κ1) is 27.3. The molecular formula is C25H45IN6. The fraction of sp³-hybridized carbons (Fsp3) is 0.720. The summed E-state index contributed by atoms with van der Waals surface area (Å²) in [4.78, 5) is 12.6. The highest BCUT2D eigenvalue weighted by Gasteiger charge is 2.21. The average Bonchev–Trinajstić information content (AvgIpc) is 2.79. The predicted molar refractivity (Wildman–Crippen MR) is 147 cm³/mol. The number of hydrogen-bond acceptors (Lipinski definition) is 4. The molecular weight excluding hydrogens is 511 g/mol. The van der Waals surface area contributed by atoms with Crippen LogP contribution < -0.4 is 10.6 Å². The zero-order valence-electron chi connectivity index (χ0n) is 20.4. The lowest BCUT2D eigenvalue weighted by Gasteiger charge is -2.35. The van der Waals surface area contributed by atoms with E-state index in [0.717, 1.165) is 51.6 Å². The lowest BCUT2D eigenvalue weighted by atomic mass is 10.0. The summed E-state index contributed by atoms with van der Waals surface area (Å²) in [6.07, 6.45) is 3.53. The Morgan fingerprint density at radius 1 is 1.00 bits per heavy atom. The number of piperidine rings is 1. The Morgan fingerprint density at radius 2 is 1.66 bits per heavy atom. The summed E-state index contributed by atoms with van der Waals surface area (Å²) in [7, 11) is 0. The van der Waals surface area contributed by atoms with Gasteiger partial charge in [0, 0.05) is 77.5 Å². The summed E-state index contributed by atoms with van der Waals surface area (Å²) in [5.41, 5.74) is 1.42. The zero-order chi connectivity index (χ0) is 21.9. The van der Waals surface area contributed by atoms with Crippen LogP contribution in [0.15, 0.2) is 35.3 Å². The minimum absolute atomic E-state index is 0. The highest BCUT2D eigenvalue weighted by Crippen LogP contribution is 2.13. The molecule has 3 rings (SSSR count). The van der Waals surface area contributed by atoms with Gasteiger partial charge in [-0.05, 0) is 45.6 Å². The van der Waals surface area contributed by atoms with E-state index in [2.05, 4.69) is 76.4 Å². The van der Waals surface area contributed by atoms with Crippen molar-refractivity contribution in [2.24, 2.45) is 4.99 Å². The van der Waals surface area contributed by atoms with Gasteiger partial charge in [0.25, 0.3) is 0 Å². The molecule has 0 aromatic heterocycles. The molecule has 0 saturated carbocycles. The van der Waals surface area contributed by atoms with Crippen LogP contribution in [0.1, 0.15) is 45.6 Å². The van der Waals surface area contributed by atoms with Crippen molar-refractivity contribution in [1.29, 1.82) is 0 Å². The van der Waals surface area contributed by atoms with E-state index in [1.165, 1.54) is 44.6 Å². The van der Waals surface area contributed by atoms with Gasteiger partial charge in [-0.1, -0.05) is 30.3 Å². The molecule has 2 aliphatic rings. The van der Waals surface area contributed by atoms with E-state index in [0.29, 0.717) is 12.1 Å². The van der Waals surface area contributed by atoms with Crippen molar-refractivity contribution in [1.82, 2.24) is 25.3 Å². The minimum Gasteiger partial charge on any atom is -0.357 e. The van der Waals surface area contributed by atoms with Crippen LogP contribution in [0.4, 0.5) is 0 Å². The largest absolute Gasteiger partial charge is 0.357 e. The number of likely N-dealkylation sites (tertiary alicyclic amines) is 1. The Kier molecular flexibility index (Phi) is 12.9. The van der Waals surface area contributed by atoms with Gasteiger partial charge in [-0.2, -0.15) is 0 Å². The van der Waals surface area contributed by atoms with Crippen molar-refractivity contribution in [2.75, 3.05) is 58.9 Å². The summed E-state index contributed by atoms with van der Waals surface area (Å²) < 4.78 is 0. The highest BCUT2D eigenvalue weighted by atomic mass is 127. The fourth-order valence-corrected chi connectivity index (χ4v) is 4.57. The summed E-state index contributed by atoms with van der Waals surface area (Å²) >= 11 is 0. The van der Waals surface area contributed by atoms with E-state index < -0.39 is 0 Å². The van der Waals surface area contributed by atoms with E-state index in [4.69, 9.17) is 4.99 Å². The molecule has 1 aromatic carbocycles. The molecule has 32 heavy (non-hydrogen) atoms. The number of nitrogens with zero attached hydrogens (tertiary/aromatic N) is 4. The van der Waals surface area contributed by atoms with Crippen LogP contribution in [-0.2, 0) is 6.54 Å². The standard InChI is InChI=1S/C25H44N6.HI/c1-4-26-25(28-24-11-15-31(16-12-24)22(2)3)27-13-8-14-29-17-19-30(20-18-29)21-23-9-6-5-7-10-23;/h5-7,9-10,22,24H,4,8,11-21H2,1-3H3,(H2,26,27,28);1H. The molecule has 0 atom stereocenters. The third-order valence-electron chi connectivity index (χ3n) is 6.56. The van der Waals surface area contributed by atoms with Crippen molar-refractivity contribution < 1.29 is 0 Å². The molecule has 0 aliphatic carbocycles. The molecule has 2 N–H and O–H groups in total. The van der Waals surface area contributed by atoms with E-state index in [1.807, 2.05) is 0 Å². The zero-order valence-corrected chi connectivity index (χ0v) is 22.8. The lowest BCUT2D eigenvalue weighted by Crippen LogP contribution is -2.50. The van der Waals surface area contributed by atoms with Gasteiger partial charge in [0.2, 0.25) is 0 Å². The van der Waals surface area contributed by atoms with Gasteiger partial charge in [-0.15, -0.1) is 24.0 Å². The second-order valence-electron chi connectivity index (χ2n) is 9.27. The summed E-state index contributed by atoms with van der Waals surface area (Å²) in [5.74, 6) is 0.998. The van der Waals surface area contributed by atoms with Crippen molar-refractivity contribution in [3.63, 3.8) is 0 Å². The topological polar surface area (TPSA) is 46.1 Å². The number of piperazine rings is 1. The first-order chi connectivity index (χ1) is 15.1. The van der Waals surface area contributed by atoms with E-state index in [1.54, 1.807) is 0 Å². The predicted octanol–water partition coefficient (Wildman–Crippen LogP) is 3.24. The molecule has 0 spiro atoms. The molecule has 0 radical (unpaired) electrons. The van der Waals surface area contributed by atoms with Crippen LogP contribution in [-0.4, -0.2) is 91.6 Å². The number of aliphatic imine (C=N–C) groups is 1. The third-order valence-corrected chi connectivity index (χ3v) is 6.56. The van der Waals surface area contributed by atoms with Crippen molar-refractivity contribution in [3.05, 3.63) is 35.9 Å². The van der Waals surface area contributed by atoms with Crippen molar-refractivity contribution in [3.8, 4) is 0 Å². The second-order valence-corrected chi connectivity index (χ2v) is 9.27. The van der Waals surface area contributed by atoms with Gasteiger partial charge < -0.3 is 20.4 Å². The summed E-state index contributed by atoms with van der Waals surface area (Å²) in [6.45, 7) is 17.8. The van der Waals surface area contributed by atoms with Crippen LogP contribution >= 0.6 is 24.0 Å². The maximum atomic E-state index is 4.86. The molecule has 6 nitrogen and oxygen atoms in total. The fourth-order valence-electron chi connectivity index (χ4n) is 4.57. The molecule has 7 heteroatoms. The molecule has 182 valence electrons. The van der Waals surface area contributed by atoms with Gasteiger partial charge in [0.05, 0.1) is 0 Å². The maximum Gasteiger partial charge on any atom is 0.191 e. The van der Waals surface area contributed by atoms with E-state index >= 15 is 0 Å². The van der Waals surface area contributed by atoms with Gasteiger partial charge in [0.1, 0.15) is 0 Å². The quantitative estimate of drug-likeness (QED) is 0.212. The SMILES string of the molecule is CCNC(=NCCCN1CCN(Cc2ccccc2)CC1)NC1CCN(C(C)C)CC1.I. The Hall–Kier alpha value is -0.900. The molecule has 2 saturated heterocycles. The number of rotatable bonds is 9. The first-order valence-electron chi connectivity index (χ1n) is 12.4. The summed E-state index contributed by atoms with van der Waals surface area (Å²) in [6, 6.07) is 12.0. The van der Waals surface area contributed by atoms with Gasteiger partial charge in [-0.25, -0.2) is 0 Å².